The molecule has 144 valence electrons. The number of methoxy groups -OCH3 is 1. The molecule has 0 aromatic heterocycles. The molecule has 5 heteroatoms. The van der Waals surface area contributed by atoms with E-state index in [-0.39, 0.29) is 29.5 Å². The second-order valence-electron chi connectivity index (χ2n) is 9.56. The predicted octanol–water partition coefficient (Wildman–Crippen LogP) is 2.25. The van der Waals surface area contributed by atoms with Gasteiger partial charge in [0.15, 0.2) is 5.78 Å². The molecular formula is C21H30O5. The van der Waals surface area contributed by atoms with Gasteiger partial charge >= 0.3 is 5.97 Å². The smallest absolute Gasteiger partial charge is 0.311 e. The first-order chi connectivity index (χ1) is 12.1. The monoisotopic (exact) mass is 362 g/mol. The van der Waals surface area contributed by atoms with Crippen molar-refractivity contribution in [1.29, 1.82) is 0 Å². The zero-order valence-electron chi connectivity index (χ0n) is 16.0. The molecule has 4 fully saturated rings. The van der Waals surface area contributed by atoms with Gasteiger partial charge in [-0.25, -0.2) is 0 Å². The fourth-order valence-corrected chi connectivity index (χ4v) is 7.44. The lowest BCUT2D eigenvalue weighted by molar-refractivity contribution is -0.235. The largest absolute Gasteiger partial charge is 0.469 e. The summed E-state index contributed by atoms with van der Waals surface area (Å²) in [5, 5.41) is 22.3. The molecule has 0 aromatic carbocycles. The number of ether oxygens (including phenoxy) is 1. The molecule has 26 heavy (non-hydrogen) atoms. The normalized spacial score (nSPS) is 53.0. The third-order valence-corrected chi connectivity index (χ3v) is 8.85. The fourth-order valence-electron chi connectivity index (χ4n) is 7.44. The third kappa shape index (κ3) is 1.84. The number of aliphatic hydroxyl groups is 2. The minimum absolute atomic E-state index is 0.00489. The highest BCUT2D eigenvalue weighted by atomic mass is 16.5. The number of ketones is 1. The van der Waals surface area contributed by atoms with Crippen LogP contribution in [-0.4, -0.2) is 41.3 Å². The highest BCUT2D eigenvalue weighted by Crippen LogP contribution is 2.71. The van der Waals surface area contributed by atoms with Crippen molar-refractivity contribution in [3.05, 3.63) is 12.2 Å². The average Bonchev–Trinajstić information content (AvgIpc) is 2.82. The maximum Gasteiger partial charge on any atom is 0.311 e. The Kier molecular flexibility index (Phi) is 3.79. The SMILES string of the molecule is C=C1C(=O)[C@]23C[C@@H]1CC[C@H]2[C@]1(C)[C@@H](O)CC[C@@](C)(C(=O)OC)[C@H]1C[C@@H]3O. The third-order valence-electron chi connectivity index (χ3n) is 8.85. The zero-order valence-corrected chi connectivity index (χ0v) is 16.0. The first kappa shape index (κ1) is 18.2. The van der Waals surface area contributed by atoms with Crippen LogP contribution >= 0.6 is 0 Å². The lowest BCUT2D eigenvalue weighted by atomic mass is 9.39. The van der Waals surface area contributed by atoms with Crippen molar-refractivity contribution in [1.82, 2.24) is 0 Å². The first-order valence-corrected chi connectivity index (χ1v) is 9.82. The molecule has 0 aromatic rings. The van der Waals surface area contributed by atoms with Crippen molar-refractivity contribution in [2.45, 2.75) is 64.6 Å². The van der Waals surface area contributed by atoms with Crippen molar-refractivity contribution in [2.75, 3.05) is 7.11 Å². The van der Waals surface area contributed by atoms with Gasteiger partial charge in [-0.3, -0.25) is 9.59 Å². The van der Waals surface area contributed by atoms with Gasteiger partial charge in [0.2, 0.25) is 0 Å². The summed E-state index contributed by atoms with van der Waals surface area (Å²) in [4.78, 5) is 25.9. The summed E-state index contributed by atoms with van der Waals surface area (Å²) in [6, 6.07) is 0. The Morgan fingerprint density at radius 3 is 2.50 bits per heavy atom. The van der Waals surface area contributed by atoms with Crippen molar-refractivity contribution in [3.8, 4) is 0 Å². The molecule has 1 spiro atoms. The van der Waals surface area contributed by atoms with Crippen LogP contribution in [0.5, 0.6) is 0 Å². The molecule has 0 amide bonds. The van der Waals surface area contributed by atoms with E-state index in [9.17, 15) is 19.8 Å². The van der Waals surface area contributed by atoms with E-state index in [1.807, 2.05) is 13.8 Å². The van der Waals surface area contributed by atoms with Crippen LogP contribution < -0.4 is 0 Å². The topological polar surface area (TPSA) is 83.8 Å². The molecule has 0 aliphatic heterocycles. The van der Waals surface area contributed by atoms with Gasteiger partial charge in [-0.1, -0.05) is 13.5 Å². The van der Waals surface area contributed by atoms with Crippen LogP contribution in [0.2, 0.25) is 0 Å². The number of hydrogen-bond acceptors (Lipinski definition) is 5. The maximum absolute atomic E-state index is 13.2. The fraction of sp³-hybridized carbons (Fsp3) is 0.810. The Morgan fingerprint density at radius 1 is 1.15 bits per heavy atom. The van der Waals surface area contributed by atoms with Crippen LogP contribution in [0.25, 0.3) is 0 Å². The summed E-state index contributed by atoms with van der Waals surface area (Å²) in [5.41, 5.74) is -1.53. The lowest BCUT2D eigenvalue weighted by Crippen LogP contribution is -2.68. The number of fused-ring (bicyclic) bond motifs is 3. The van der Waals surface area contributed by atoms with Crippen molar-refractivity contribution in [2.24, 2.45) is 34.0 Å². The van der Waals surface area contributed by atoms with Gasteiger partial charge in [0.05, 0.1) is 30.1 Å². The average molecular weight is 362 g/mol. The van der Waals surface area contributed by atoms with E-state index in [1.165, 1.54) is 7.11 Å². The minimum Gasteiger partial charge on any atom is -0.469 e. The lowest BCUT2D eigenvalue weighted by Gasteiger charge is -2.65. The highest BCUT2D eigenvalue weighted by Gasteiger charge is 2.73. The molecular weight excluding hydrogens is 332 g/mol. The van der Waals surface area contributed by atoms with E-state index in [1.54, 1.807) is 0 Å². The second-order valence-corrected chi connectivity index (χ2v) is 9.56. The molecule has 4 rings (SSSR count). The summed E-state index contributed by atoms with van der Waals surface area (Å²) in [5.74, 6) is -0.475. The van der Waals surface area contributed by atoms with E-state index < -0.39 is 28.5 Å². The molecule has 0 saturated heterocycles. The van der Waals surface area contributed by atoms with Gasteiger partial charge in [0.1, 0.15) is 0 Å². The summed E-state index contributed by atoms with van der Waals surface area (Å²) in [6.07, 6.45) is 2.31. The van der Waals surface area contributed by atoms with Crippen LogP contribution in [0.1, 0.15) is 52.4 Å². The zero-order chi connectivity index (χ0) is 19.1. The second kappa shape index (κ2) is 5.41. The molecule has 2 N–H and O–H groups in total. The summed E-state index contributed by atoms with van der Waals surface area (Å²) in [6.45, 7) is 7.96. The van der Waals surface area contributed by atoms with Crippen LogP contribution in [0.4, 0.5) is 0 Å². The highest BCUT2D eigenvalue weighted by molar-refractivity contribution is 6.03. The van der Waals surface area contributed by atoms with Crippen molar-refractivity contribution in [3.63, 3.8) is 0 Å². The molecule has 2 bridgehead atoms. The van der Waals surface area contributed by atoms with Crippen LogP contribution in [0, 0.1) is 34.0 Å². The number of aliphatic hydroxyl groups excluding tert-OH is 2. The molecule has 0 unspecified atom stereocenters. The standard InChI is InChI=1S/C21H30O5/c1-11-12-5-6-13-20(3)14(9-16(23)21(13,10-12)17(11)24)19(2,18(25)26-4)8-7-15(20)22/h12-16,22-23H,1,5-10H2,2-4H3/t12-,13-,14+,15-,16-,19+,20-,21+/m0/s1. The van der Waals surface area contributed by atoms with Gasteiger partial charge in [-0.05, 0) is 68.8 Å². The Balaban J connectivity index is 1.86. The summed E-state index contributed by atoms with van der Waals surface area (Å²) >= 11 is 0. The van der Waals surface area contributed by atoms with Gasteiger partial charge < -0.3 is 14.9 Å². The van der Waals surface area contributed by atoms with E-state index in [0.29, 0.717) is 31.3 Å². The minimum atomic E-state index is -0.833. The van der Waals surface area contributed by atoms with Gasteiger partial charge in [0, 0.05) is 5.41 Å². The number of allylic oxidation sites excluding steroid dienone is 1. The number of carbonyl (C=O) groups excluding carboxylic acids is 2. The first-order valence-electron chi connectivity index (χ1n) is 9.82. The molecule has 4 aliphatic carbocycles. The van der Waals surface area contributed by atoms with E-state index >= 15 is 0 Å². The Bertz CT molecular complexity index is 686. The molecule has 4 aliphatic rings. The van der Waals surface area contributed by atoms with Gasteiger partial charge in [-0.15, -0.1) is 0 Å². The number of esters is 1. The number of Topliss-reactive ketones (excluding diaryl/α,β-unsaturated/α-hetero) is 1. The van der Waals surface area contributed by atoms with Gasteiger partial charge in [0.25, 0.3) is 0 Å². The quantitative estimate of drug-likeness (QED) is 0.552. The number of carbonyl (C=O) groups is 2. The Hall–Kier alpha value is -1.20. The molecule has 4 saturated carbocycles. The van der Waals surface area contributed by atoms with E-state index in [4.69, 9.17) is 4.74 Å². The predicted molar refractivity (Wildman–Crippen MR) is 95.0 cm³/mol. The van der Waals surface area contributed by atoms with Crippen LogP contribution in [0.3, 0.4) is 0 Å². The maximum atomic E-state index is 13.2. The van der Waals surface area contributed by atoms with Gasteiger partial charge in [-0.2, -0.15) is 0 Å². The number of rotatable bonds is 1. The summed E-state index contributed by atoms with van der Waals surface area (Å²) in [7, 11) is 1.40. The summed E-state index contributed by atoms with van der Waals surface area (Å²) < 4.78 is 5.11. The Morgan fingerprint density at radius 2 is 1.85 bits per heavy atom. The molecule has 0 heterocycles. The van der Waals surface area contributed by atoms with Crippen molar-refractivity contribution < 1.29 is 24.5 Å². The molecule has 8 atom stereocenters. The van der Waals surface area contributed by atoms with E-state index in [0.717, 1.165) is 12.8 Å². The molecule has 5 nitrogen and oxygen atoms in total. The van der Waals surface area contributed by atoms with Crippen LogP contribution in [0.15, 0.2) is 12.2 Å². The van der Waals surface area contributed by atoms with E-state index in [2.05, 4.69) is 6.58 Å². The van der Waals surface area contributed by atoms with Crippen LogP contribution in [-0.2, 0) is 14.3 Å². The molecule has 0 radical (unpaired) electrons. The van der Waals surface area contributed by atoms with Crippen molar-refractivity contribution >= 4 is 11.8 Å². The Labute approximate surface area is 154 Å². The number of hydrogen-bond donors (Lipinski definition) is 2.